The molecule has 0 aliphatic carbocycles. The van der Waals surface area contributed by atoms with E-state index in [9.17, 15) is 4.79 Å². The Hall–Kier alpha value is -3.06. The lowest BCUT2D eigenvalue weighted by Gasteiger charge is -2.31. The zero-order valence-corrected chi connectivity index (χ0v) is 10.9. The van der Waals surface area contributed by atoms with Crippen LogP contribution in [0.4, 0.5) is 11.4 Å². The van der Waals surface area contributed by atoms with Gasteiger partial charge in [-0.3, -0.25) is 10.2 Å². The molecule has 1 aliphatic rings. The van der Waals surface area contributed by atoms with Crippen LogP contribution in [0.2, 0.25) is 0 Å². The Labute approximate surface area is 115 Å². The number of anilines is 2. The van der Waals surface area contributed by atoms with E-state index in [1.807, 2.05) is 0 Å². The molecule has 2 N–H and O–H groups in total. The first-order valence-electron chi connectivity index (χ1n) is 5.74. The van der Waals surface area contributed by atoms with Crippen molar-refractivity contribution in [3.63, 3.8) is 0 Å². The molecule has 0 saturated carbocycles. The normalized spacial score (nSPS) is 14.7. The van der Waals surface area contributed by atoms with Crippen molar-refractivity contribution in [2.75, 3.05) is 10.7 Å². The third-order valence-electron chi connectivity index (χ3n) is 2.65. The topological polar surface area (TPSA) is 110 Å². The predicted molar refractivity (Wildman–Crippen MR) is 72.1 cm³/mol. The van der Waals surface area contributed by atoms with Crippen LogP contribution in [-0.4, -0.2) is 17.2 Å². The van der Waals surface area contributed by atoms with Gasteiger partial charge >= 0.3 is 0 Å². The first-order chi connectivity index (χ1) is 9.46. The van der Waals surface area contributed by atoms with Crippen LogP contribution >= 0.6 is 0 Å². The fourth-order valence-corrected chi connectivity index (χ4v) is 1.58. The highest BCUT2D eigenvalue weighted by Gasteiger charge is 2.35. The number of amides is 1. The molecule has 7 nitrogen and oxygen atoms in total. The SMILES string of the molecule is CC1(C)Oc2ccc(NN=C(C#N)C#N)cc2NC1=O. The van der Waals surface area contributed by atoms with E-state index < -0.39 is 5.60 Å². The number of rotatable bonds is 2. The molecule has 7 heteroatoms. The molecule has 0 saturated heterocycles. The molecule has 0 spiro atoms. The lowest BCUT2D eigenvalue weighted by atomic mass is 10.1. The maximum atomic E-state index is 11.8. The van der Waals surface area contributed by atoms with Crippen LogP contribution in [0.1, 0.15) is 13.8 Å². The van der Waals surface area contributed by atoms with Crippen LogP contribution in [0, 0.1) is 22.7 Å². The van der Waals surface area contributed by atoms with Gasteiger partial charge in [-0.25, -0.2) is 0 Å². The molecule has 1 aromatic rings. The summed E-state index contributed by atoms with van der Waals surface area (Å²) in [5.74, 6) is 0.297. The van der Waals surface area contributed by atoms with Crippen molar-refractivity contribution in [3.8, 4) is 17.9 Å². The Morgan fingerprint density at radius 3 is 2.75 bits per heavy atom. The van der Waals surface area contributed by atoms with Gasteiger partial charge in [-0.05, 0) is 32.0 Å². The number of benzene rings is 1. The molecule has 0 radical (unpaired) electrons. The second kappa shape index (κ2) is 4.90. The second-order valence-corrected chi connectivity index (χ2v) is 4.57. The Balaban J connectivity index is 2.25. The summed E-state index contributed by atoms with van der Waals surface area (Å²) < 4.78 is 5.57. The van der Waals surface area contributed by atoms with Gasteiger partial charge in [0.25, 0.3) is 5.91 Å². The maximum absolute atomic E-state index is 11.8. The van der Waals surface area contributed by atoms with Gasteiger partial charge in [0.05, 0.1) is 11.4 Å². The Morgan fingerprint density at radius 1 is 1.40 bits per heavy atom. The number of carbonyl (C=O) groups is 1. The molecule has 20 heavy (non-hydrogen) atoms. The third kappa shape index (κ3) is 2.52. The summed E-state index contributed by atoms with van der Waals surface area (Å²) in [4.78, 5) is 11.8. The maximum Gasteiger partial charge on any atom is 0.268 e. The summed E-state index contributed by atoms with van der Waals surface area (Å²) in [6, 6.07) is 8.22. The molecule has 0 fully saturated rings. The fourth-order valence-electron chi connectivity index (χ4n) is 1.58. The minimum absolute atomic E-state index is 0.250. The standard InChI is InChI=1S/C13H11N5O2/c1-13(2)12(19)16-10-5-8(3-4-11(10)20-13)17-18-9(6-14)7-15/h3-5,17H,1-2H3,(H,16,19). The third-order valence-corrected chi connectivity index (χ3v) is 2.65. The van der Waals surface area contributed by atoms with Crippen molar-refractivity contribution in [1.82, 2.24) is 0 Å². The highest BCUT2D eigenvalue weighted by molar-refractivity contribution is 6.10. The van der Waals surface area contributed by atoms with Crippen molar-refractivity contribution in [2.24, 2.45) is 5.10 Å². The molecule has 0 unspecified atom stereocenters. The number of nitrogens with one attached hydrogen (secondary N) is 2. The van der Waals surface area contributed by atoms with Crippen LogP contribution < -0.4 is 15.5 Å². The van der Waals surface area contributed by atoms with Gasteiger partial charge in [0, 0.05) is 0 Å². The van der Waals surface area contributed by atoms with E-state index in [1.54, 1.807) is 44.2 Å². The first kappa shape index (κ1) is 13.4. The van der Waals surface area contributed by atoms with Gasteiger partial charge in [0.15, 0.2) is 5.60 Å². The lowest BCUT2D eigenvalue weighted by Crippen LogP contribution is -2.45. The number of carbonyl (C=O) groups excluding carboxylic acids is 1. The van der Waals surface area contributed by atoms with Gasteiger partial charge in [-0.15, -0.1) is 0 Å². The van der Waals surface area contributed by atoms with Gasteiger partial charge in [0.2, 0.25) is 5.71 Å². The largest absolute Gasteiger partial charge is 0.476 e. The quantitative estimate of drug-likeness (QED) is 0.626. The van der Waals surface area contributed by atoms with E-state index in [-0.39, 0.29) is 11.6 Å². The smallest absolute Gasteiger partial charge is 0.268 e. The summed E-state index contributed by atoms with van der Waals surface area (Å²) in [5, 5.41) is 23.5. The number of hydrogen-bond acceptors (Lipinski definition) is 6. The molecule has 100 valence electrons. The van der Waals surface area contributed by atoms with E-state index in [1.165, 1.54) is 0 Å². The minimum Gasteiger partial charge on any atom is -0.476 e. The summed E-state index contributed by atoms with van der Waals surface area (Å²) >= 11 is 0. The van der Waals surface area contributed by atoms with Crippen LogP contribution in [0.3, 0.4) is 0 Å². The van der Waals surface area contributed by atoms with Gasteiger partial charge in [0.1, 0.15) is 17.9 Å². The molecular formula is C13H11N5O2. The number of ether oxygens (including phenoxy) is 1. The molecule has 0 bridgehead atoms. The van der Waals surface area contributed by atoms with Crippen molar-refractivity contribution in [2.45, 2.75) is 19.4 Å². The van der Waals surface area contributed by atoms with Crippen molar-refractivity contribution in [1.29, 1.82) is 10.5 Å². The summed E-state index contributed by atoms with van der Waals surface area (Å²) in [7, 11) is 0. The molecule has 1 aliphatic heterocycles. The Kier molecular flexibility index (Phi) is 3.28. The zero-order chi connectivity index (χ0) is 14.8. The predicted octanol–water partition coefficient (Wildman–Crippen LogP) is 1.61. The van der Waals surface area contributed by atoms with Crippen molar-refractivity contribution in [3.05, 3.63) is 18.2 Å². The summed E-state index contributed by atoms with van der Waals surface area (Å²) in [5.41, 5.74) is 2.39. The van der Waals surface area contributed by atoms with Gasteiger partial charge in [-0.2, -0.15) is 15.6 Å². The summed E-state index contributed by atoms with van der Waals surface area (Å²) in [6.45, 7) is 3.35. The molecular weight excluding hydrogens is 258 g/mol. The van der Waals surface area contributed by atoms with Gasteiger partial charge < -0.3 is 10.1 Å². The van der Waals surface area contributed by atoms with Crippen LogP contribution in [0.5, 0.6) is 5.75 Å². The van der Waals surface area contributed by atoms with E-state index in [4.69, 9.17) is 15.3 Å². The van der Waals surface area contributed by atoms with Crippen LogP contribution in [0.15, 0.2) is 23.3 Å². The molecule has 2 rings (SSSR count). The monoisotopic (exact) mass is 269 g/mol. The Bertz CT molecular complexity index is 663. The number of fused-ring (bicyclic) bond motifs is 1. The van der Waals surface area contributed by atoms with Crippen molar-refractivity contribution < 1.29 is 9.53 Å². The van der Waals surface area contributed by atoms with E-state index in [2.05, 4.69) is 15.8 Å². The highest BCUT2D eigenvalue weighted by atomic mass is 16.5. The molecule has 1 amide bonds. The van der Waals surface area contributed by atoms with E-state index >= 15 is 0 Å². The van der Waals surface area contributed by atoms with Crippen LogP contribution in [0.25, 0.3) is 0 Å². The number of hydrogen-bond donors (Lipinski definition) is 2. The van der Waals surface area contributed by atoms with Gasteiger partial charge in [-0.1, -0.05) is 0 Å². The zero-order valence-electron chi connectivity index (χ0n) is 10.9. The number of hydrazone groups is 1. The van der Waals surface area contributed by atoms with E-state index in [0.717, 1.165) is 0 Å². The number of nitriles is 2. The molecule has 0 aromatic heterocycles. The average molecular weight is 269 g/mol. The minimum atomic E-state index is -0.922. The van der Waals surface area contributed by atoms with Crippen molar-refractivity contribution >= 4 is 23.0 Å². The lowest BCUT2D eigenvalue weighted by molar-refractivity contribution is -0.129. The first-order valence-corrected chi connectivity index (χ1v) is 5.74. The highest BCUT2D eigenvalue weighted by Crippen LogP contribution is 2.35. The number of nitrogens with zero attached hydrogens (tertiary/aromatic N) is 3. The molecule has 0 atom stereocenters. The van der Waals surface area contributed by atoms with E-state index in [0.29, 0.717) is 17.1 Å². The van der Waals surface area contributed by atoms with Crippen LogP contribution in [-0.2, 0) is 4.79 Å². The second-order valence-electron chi connectivity index (χ2n) is 4.57. The molecule has 1 aromatic carbocycles. The Morgan fingerprint density at radius 2 is 2.10 bits per heavy atom. The molecule has 1 heterocycles. The fraction of sp³-hybridized carbons (Fsp3) is 0.231. The average Bonchev–Trinajstić information content (AvgIpc) is 2.41. The summed E-state index contributed by atoms with van der Waals surface area (Å²) in [6.07, 6.45) is 0.